The standard InChI is InChI=1S/C23H24ClN3O4/c1-31-19-7-5-15(6-8-19)22(29)26-11-9-17(10-12-26)25-20-14-21(28)27(23(20)30)18-4-2-3-16(24)13-18/h2-8,13,17,20,25H,9-12,14H2,1H3. The van der Waals surface area contributed by atoms with Crippen molar-refractivity contribution in [3.8, 4) is 5.75 Å². The van der Waals surface area contributed by atoms with Crippen molar-refractivity contribution in [3.05, 3.63) is 59.1 Å². The number of hydrogen-bond donors (Lipinski definition) is 1. The molecule has 0 saturated carbocycles. The molecule has 2 heterocycles. The normalized spacial score (nSPS) is 19.7. The van der Waals surface area contributed by atoms with Crippen molar-refractivity contribution in [2.75, 3.05) is 25.1 Å². The molecule has 8 heteroatoms. The highest BCUT2D eigenvalue weighted by atomic mass is 35.5. The summed E-state index contributed by atoms with van der Waals surface area (Å²) in [5.41, 5.74) is 1.12. The summed E-state index contributed by atoms with van der Waals surface area (Å²) in [7, 11) is 1.59. The fourth-order valence-electron chi connectivity index (χ4n) is 4.10. The monoisotopic (exact) mass is 441 g/mol. The van der Waals surface area contributed by atoms with Crippen LogP contribution in [0, 0.1) is 0 Å². The Balaban J connectivity index is 1.33. The van der Waals surface area contributed by atoms with Crippen molar-refractivity contribution in [1.82, 2.24) is 10.2 Å². The molecular formula is C23H24ClN3O4. The first kappa shape index (κ1) is 21.3. The molecule has 7 nitrogen and oxygen atoms in total. The van der Waals surface area contributed by atoms with E-state index < -0.39 is 6.04 Å². The molecule has 4 rings (SSSR count). The predicted octanol–water partition coefficient (Wildman–Crippen LogP) is 2.87. The van der Waals surface area contributed by atoms with Crippen LogP contribution in [0.4, 0.5) is 5.69 Å². The molecule has 1 N–H and O–H groups in total. The molecule has 0 radical (unpaired) electrons. The molecule has 2 saturated heterocycles. The molecule has 2 aromatic carbocycles. The Hall–Kier alpha value is -2.90. The fourth-order valence-corrected chi connectivity index (χ4v) is 4.28. The first-order valence-electron chi connectivity index (χ1n) is 10.3. The van der Waals surface area contributed by atoms with Crippen LogP contribution in [0.2, 0.25) is 5.02 Å². The molecule has 1 atom stereocenters. The Morgan fingerprint density at radius 1 is 1.10 bits per heavy atom. The number of ether oxygens (including phenoxy) is 1. The summed E-state index contributed by atoms with van der Waals surface area (Å²) in [6, 6.07) is 13.3. The summed E-state index contributed by atoms with van der Waals surface area (Å²) in [5, 5.41) is 3.80. The first-order chi connectivity index (χ1) is 15.0. The molecule has 0 bridgehead atoms. The summed E-state index contributed by atoms with van der Waals surface area (Å²) >= 11 is 6.01. The van der Waals surface area contributed by atoms with Gasteiger partial charge in [0.25, 0.3) is 11.8 Å². The molecule has 0 aliphatic carbocycles. The van der Waals surface area contributed by atoms with Gasteiger partial charge in [0, 0.05) is 29.7 Å². The number of methoxy groups -OCH3 is 1. The van der Waals surface area contributed by atoms with Crippen LogP contribution in [0.3, 0.4) is 0 Å². The lowest BCUT2D eigenvalue weighted by Crippen LogP contribution is -2.49. The van der Waals surface area contributed by atoms with Crippen LogP contribution in [0.25, 0.3) is 0 Å². The number of piperidine rings is 1. The minimum atomic E-state index is -0.555. The second-order valence-electron chi connectivity index (χ2n) is 7.77. The molecule has 2 aliphatic heterocycles. The van der Waals surface area contributed by atoms with Gasteiger partial charge in [-0.05, 0) is 55.3 Å². The number of amides is 3. The Bertz CT molecular complexity index is 987. The molecular weight excluding hydrogens is 418 g/mol. The zero-order valence-corrected chi connectivity index (χ0v) is 18.0. The number of likely N-dealkylation sites (tertiary alicyclic amines) is 1. The second kappa shape index (κ2) is 9.08. The zero-order chi connectivity index (χ0) is 22.0. The topological polar surface area (TPSA) is 79.0 Å². The van der Waals surface area contributed by atoms with E-state index in [2.05, 4.69) is 5.32 Å². The quantitative estimate of drug-likeness (QED) is 0.722. The molecule has 2 aromatic rings. The first-order valence-corrected chi connectivity index (χ1v) is 10.7. The third-order valence-corrected chi connectivity index (χ3v) is 6.00. The maximum absolute atomic E-state index is 12.8. The highest BCUT2D eigenvalue weighted by Crippen LogP contribution is 2.26. The molecule has 0 spiro atoms. The largest absolute Gasteiger partial charge is 0.497 e. The van der Waals surface area contributed by atoms with E-state index in [4.69, 9.17) is 16.3 Å². The Morgan fingerprint density at radius 2 is 1.81 bits per heavy atom. The number of nitrogens with one attached hydrogen (secondary N) is 1. The van der Waals surface area contributed by atoms with Crippen LogP contribution in [0.15, 0.2) is 48.5 Å². The van der Waals surface area contributed by atoms with Gasteiger partial charge in [0.05, 0.1) is 25.3 Å². The number of benzene rings is 2. The van der Waals surface area contributed by atoms with Crippen LogP contribution in [-0.4, -0.2) is 54.9 Å². The third-order valence-electron chi connectivity index (χ3n) is 5.77. The van der Waals surface area contributed by atoms with Crippen LogP contribution in [0.5, 0.6) is 5.75 Å². The van der Waals surface area contributed by atoms with Gasteiger partial charge in [-0.1, -0.05) is 17.7 Å². The van der Waals surface area contributed by atoms with E-state index in [1.165, 1.54) is 4.90 Å². The third kappa shape index (κ3) is 4.57. The number of halogens is 1. The van der Waals surface area contributed by atoms with E-state index in [-0.39, 0.29) is 30.2 Å². The van der Waals surface area contributed by atoms with Gasteiger partial charge in [-0.25, -0.2) is 4.90 Å². The molecule has 31 heavy (non-hydrogen) atoms. The SMILES string of the molecule is COc1ccc(C(=O)N2CCC(NC3CC(=O)N(c4cccc(Cl)c4)C3=O)CC2)cc1. The van der Waals surface area contributed by atoms with Gasteiger partial charge in [0.2, 0.25) is 5.91 Å². The Kier molecular flexibility index (Phi) is 6.25. The smallest absolute Gasteiger partial charge is 0.253 e. The van der Waals surface area contributed by atoms with Crippen LogP contribution in [0.1, 0.15) is 29.6 Å². The van der Waals surface area contributed by atoms with Gasteiger partial charge in [-0.3, -0.25) is 14.4 Å². The van der Waals surface area contributed by atoms with Crippen LogP contribution >= 0.6 is 11.6 Å². The minimum Gasteiger partial charge on any atom is -0.497 e. The van der Waals surface area contributed by atoms with E-state index in [0.29, 0.717) is 35.1 Å². The van der Waals surface area contributed by atoms with E-state index in [0.717, 1.165) is 12.8 Å². The van der Waals surface area contributed by atoms with Crippen molar-refractivity contribution >= 4 is 35.0 Å². The van der Waals surface area contributed by atoms with E-state index in [1.54, 1.807) is 55.6 Å². The lowest BCUT2D eigenvalue weighted by Gasteiger charge is -2.33. The molecule has 1 unspecified atom stereocenters. The Morgan fingerprint density at radius 3 is 2.45 bits per heavy atom. The van der Waals surface area contributed by atoms with Gasteiger partial charge in [0.15, 0.2) is 0 Å². The van der Waals surface area contributed by atoms with Crippen molar-refractivity contribution in [2.24, 2.45) is 0 Å². The van der Waals surface area contributed by atoms with Gasteiger partial charge in [0.1, 0.15) is 5.75 Å². The van der Waals surface area contributed by atoms with Crippen molar-refractivity contribution < 1.29 is 19.1 Å². The predicted molar refractivity (Wildman–Crippen MR) is 117 cm³/mol. The lowest BCUT2D eigenvalue weighted by atomic mass is 10.0. The van der Waals surface area contributed by atoms with Crippen molar-refractivity contribution in [2.45, 2.75) is 31.3 Å². The van der Waals surface area contributed by atoms with E-state index in [9.17, 15) is 14.4 Å². The zero-order valence-electron chi connectivity index (χ0n) is 17.2. The van der Waals surface area contributed by atoms with Gasteiger partial charge < -0.3 is 15.0 Å². The average Bonchev–Trinajstić information content (AvgIpc) is 3.06. The highest BCUT2D eigenvalue weighted by Gasteiger charge is 2.40. The number of imide groups is 1. The Labute approximate surface area is 185 Å². The maximum Gasteiger partial charge on any atom is 0.253 e. The highest BCUT2D eigenvalue weighted by molar-refractivity contribution is 6.31. The van der Waals surface area contributed by atoms with Gasteiger partial charge >= 0.3 is 0 Å². The molecule has 0 aromatic heterocycles. The summed E-state index contributed by atoms with van der Waals surface area (Å²) in [4.78, 5) is 41.0. The second-order valence-corrected chi connectivity index (χ2v) is 8.20. The van der Waals surface area contributed by atoms with Gasteiger partial charge in [-0.2, -0.15) is 0 Å². The van der Waals surface area contributed by atoms with Gasteiger partial charge in [-0.15, -0.1) is 0 Å². The number of nitrogens with zero attached hydrogens (tertiary/aromatic N) is 2. The number of rotatable bonds is 5. The number of hydrogen-bond acceptors (Lipinski definition) is 5. The summed E-state index contributed by atoms with van der Waals surface area (Å²) in [6.07, 6.45) is 1.56. The van der Waals surface area contributed by atoms with Crippen molar-refractivity contribution in [1.29, 1.82) is 0 Å². The molecule has 3 amide bonds. The van der Waals surface area contributed by atoms with Crippen LogP contribution < -0.4 is 15.0 Å². The van der Waals surface area contributed by atoms with Crippen LogP contribution in [-0.2, 0) is 9.59 Å². The minimum absolute atomic E-state index is 0.0136. The average molecular weight is 442 g/mol. The van der Waals surface area contributed by atoms with E-state index >= 15 is 0 Å². The number of carbonyl (C=O) groups excluding carboxylic acids is 3. The molecule has 2 aliphatic rings. The lowest BCUT2D eigenvalue weighted by molar-refractivity contribution is -0.121. The fraction of sp³-hybridized carbons (Fsp3) is 0.348. The summed E-state index contributed by atoms with van der Waals surface area (Å²) in [5.74, 6) is 0.198. The van der Waals surface area contributed by atoms with E-state index in [1.807, 2.05) is 4.90 Å². The number of anilines is 1. The summed E-state index contributed by atoms with van der Waals surface area (Å²) in [6.45, 7) is 1.19. The molecule has 162 valence electrons. The number of carbonyl (C=O) groups is 3. The van der Waals surface area contributed by atoms with Crippen molar-refractivity contribution in [3.63, 3.8) is 0 Å². The molecule has 2 fully saturated rings. The maximum atomic E-state index is 12.8. The summed E-state index contributed by atoms with van der Waals surface area (Å²) < 4.78 is 5.13.